The lowest BCUT2D eigenvalue weighted by atomic mass is 9.70. The SMILES string of the molecule is O=C(CCCC(=O)N1CCCC2CCCCC21)CCC1(c2ccccc2)CCOCC1. The highest BCUT2D eigenvalue weighted by molar-refractivity contribution is 5.80. The zero-order chi connectivity index (χ0) is 21.5. The molecule has 1 saturated carbocycles. The average Bonchev–Trinajstić information content (AvgIpc) is 2.83. The summed E-state index contributed by atoms with van der Waals surface area (Å²) in [5.74, 6) is 1.32. The molecule has 3 aliphatic rings. The van der Waals surface area contributed by atoms with Crippen molar-refractivity contribution in [2.75, 3.05) is 19.8 Å². The number of rotatable bonds is 8. The van der Waals surface area contributed by atoms with E-state index in [-0.39, 0.29) is 11.3 Å². The van der Waals surface area contributed by atoms with E-state index in [1.54, 1.807) is 0 Å². The summed E-state index contributed by atoms with van der Waals surface area (Å²) in [7, 11) is 0. The Morgan fingerprint density at radius 3 is 2.48 bits per heavy atom. The highest BCUT2D eigenvalue weighted by Gasteiger charge is 2.36. The van der Waals surface area contributed by atoms with Gasteiger partial charge in [0.25, 0.3) is 0 Å². The van der Waals surface area contributed by atoms with Crippen LogP contribution in [0.3, 0.4) is 0 Å². The summed E-state index contributed by atoms with van der Waals surface area (Å²) in [5, 5.41) is 0. The van der Waals surface area contributed by atoms with Crippen LogP contribution in [0.4, 0.5) is 0 Å². The first kappa shape index (κ1) is 22.5. The van der Waals surface area contributed by atoms with Crippen molar-refractivity contribution in [3.63, 3.8) is 0 Å². The third-order valence-corrected chi connectivity index (χ3v) is 8.13. The van der Waals surface area contributed by atoms with Gasteiger partial charge in [-0.2, -0.15) is 0 Å². The molecule has 4 nitrogen and oxygen atoms in total. The second-order valence-electron chi connectivity index (χ2n) is 9.99. The lowest BCUT2D eigenvalue weighted by molar-refractivity contribution is -0.137. The maximum atomic E-state index is 12.9. The molecule has 0 aromatic heterocycles. The molecule has 2 aliphatic heterocycles. The molecule has 1 aromatic rings. The molecule has 31 heavy (non-hydrogen) atoms. The van der Waals surface area contributed by atoms with Crippen LogP contribution >= 0.6 is 0 Å². The Labute approximate surface area is 187 Å². The van der Waals surface area contributed by atoms with Gasteiger partial charge in [-0.05, 0) is 62.8 Å². The van der Waals surface area contributed by atoms with Gasteiger partial charge in [0.05, 0.1) is 0 Å². The largest absolute Gasteiger partial charge is 0.381 e. The maximum absolute atomic E-state index is 12.9. The number of piperidine rings is 1. The monoisotopic (exact) mass is 425 g/mol. The number of hydrogen-bond acceptors (Lipinski definition) is 3. The van der Waals surface area contributed by atoms with Crippen molar-refractivity contribution in [2.24, 2.45) is 5.92 Å². The molecule has 1 amide bonds. The summed E-state index contributed by atoms with van der Waals surface area (Å²) in [6.07, 6.45) is 12.8. The first-order valence-corrected chi connectivity index (χ1v) is 12.6. The first-order chi connectivity index (χ1) is 15.2. The molecule has 3 fully saturated rings. The number of likely N-dealkylation sites (tertiary alicyclic amines) is 1. The van der Waals surface area contributed by atoms with E-state index in [0.717, 1.165) is 51.4 Å². The van der Waals surface area contributed by atoms with E-state index in [9.17, 15) is 9.59 Å². The van der Waals surface area contributed by atoms with Gasteiger partial charge in [-0.3, -0.25) is 9.59 Å². The number of ketones is 1. The summed E-state index contributed by atoms with van der Waals surface area (Å²) < 4.78 is 5.61. The standard InChI is InChI=1S/C27H39NO3/c29-24(15-16-27(17-20-31-21-18-27)23-10-2-1-3-11-23)12-6-14-26(30)28-19-7-9-22-8-4-5-13-25(22)28/h1-3,10-11,22,25H,4-9,12-21H2. The second kappa shape index (κ2) is 10.8. The molecule has 1 aromatic carbocycles. The van der Waals surface area contributed by atoms with E-state index in [0.29, 0.717) is 37.5 Å². The highest BCUT2D eigenvalue weighted by atomic mass is 16.5. The van der Waals surface area contributed by atoms with Crippen molar-refractivity contribution in [1.82, 2.24) is 4.90 Å². The predicted molar refractivity (Wildman–Crippen MR) is 123 cm³/mol. The van der Waals surface area contributed by atoms with E-state index >= 15 is 0 Å². The summed E-state index contributed by atoms with van der Waals surface area (Å²) in [6.45, 7) is 2.47. The van der Waals surface area contributed by atoms with Gasteiger partial charge in [0, 0.05) is 50.5 Å². The van der Waals surface area contributed by atoms with Crippen LogP contribution in [-0.2, 0) is 19.7 Å². The Kier molecular flexibility index (Phi) is 7.81. The lowest BCUT2D eigenvalue weighted by Gasteiger charge is -2.44. The van der Waals surface area contributed by atoms with E-state index in [1.165, 1.54) is 37.7 Å². The molecule has 2 atom stereocenters. The van der Waals surface area contributed by atoms with Gasteiger partial charge in [-0.1, -0.05) is 43.2 Å². The fourth-order valence-electron chi connectivity index (χ4n) is 6.26. The van der Waals surface area contributed by atoms with Crippen molar-refractivity contribution < 1.29 is 14.3 Å². The number of fused-ring (bicyclic) bond motifs is 1. The van der Waals surface area contributed by atoms with E-state index < -0.39 is 0 Å². The van der Waals surface area contributed by atoms with Crippen LogP contribution in [-0.4, -0.2) is 42.4 Å². The third-order valence-electron chi connectivity index (χ3n) is 8.13. The molecule has 2 heterocycles. The molecule has 0 spiro atoms. The fourth-order valence-corrected chi connectivity index (χ4v) is 6.26. The molecule has 2 unspecified atom stereocenters. The Morgan fingerprint density at radius 2 is 1.68 bits per heavy atom. The Hall–Kier alpha value is -1.68. The molecule has 1 aliphatic carbocycles. The maximum Gasteiger partial charge on any atom is 0.222 e. The molecule has 0 radical (unpaired) electrons. The number of carbonyl (C=O) groups is 2. The van der Waals surface area contributed by atoms with Crippen LogP contribution in [0.25, 0.3) is 0 Å². The van der Waals surface area contributed by atoms with Crippen LogP contribution in [0.5, 0.6) is 0 Å². The minimum atomic E-state index is 0.0643. The molecular weight excluding hydrogens is 386 g/mol. The second-order valence-corrected chi connectivity index (χ2v) is 9.99. The number of carbonyl (C=O) groups excluding carboxylic acids is 2. The molecule has 4 rings (SSSR count). The van der Waals surface area contributed by atoms with Crippen molar-refractivity contribution in [3.05, 3.63) is 35.9 Å². The Bertz CT molecular complexity index is 723. The number of benzene rings is 1. The van der Waals surface area contributed by atoms with Gasteiger partial charge in [0.1, 0.15) is 5.78 Å². The minimum Gasteiger partial charge on any atom is -0.381 e. The van der Waals surface area contributed by atoms with Gasteiger partial charge in [0.15, 0.2) is 0 Å². The number of hydrogen-bond donors (Lipinski definition) is 0. The molecule has 0 bridgehead atoms. The minimum absolute atomic E-state index is 0.0643. The van der Waals surface area contributed by atoms with Crippen molar-refractivity contribution in [3.8, 4) is 0 Å². The third kappa shape index (κ3) is 5.58. The molecule has 2 saturated heterocycles. The zero-order valence-corrected chi connectivity index (χ0v) is 19.0. The highest BCUT2D eigenvalue weighted by Crippen LogP contribution is 2.39. The van der Waals surface area contributed by atoms with Crippen molar-refractivity contribution in [2.45, 2.75) is 94.9 Å². The van der Waals surface area contributed by atoms with Crippen molar-refractivity contribution >= 4 is 11.7 Å². The van der Waals surface area contributed by atoms with Crippen LogP contribution in [0, 0.1) is 5.92 Å². The molecule has 4 heteroatoms. The van der Waals surface area contributed by atoms with Gasteiger partial charge in [-0.15, -0.1) is 0 Å². The summed E-state index contributed by atoms with van der Waals surface area (Å²) in [5.41, 5.74) is 1.41. The Balaban J connectivity index is 1.24. The van der Waals surface area contributed by atoms with Gasteiger partial charge in [0.2, 0.25) is 5.91 Å². The van der Waals surface area contributed by atoms with Gasteiger partial charge >= 0.3 is 0 Å². The lowest BCUT2D eigenvalue weighted by Crippen LogP contribution is -2.49. The van der Waals surface area contributed by atoms with Crippen LogP contribution < -0.4 is 0 Å². The molecule has 0 N–H and O–H groups in total. The van der Waals surface area contributed by atoms with E-state index in [4.69, 9.17) is 4.74 Å². The number of nitrogens with zero attached hydrogens (tertiary/aromatic N) is 1. The molecule has 170 valence electrons. The van der Waals surface area contributed by atoms with Crippen LogP contribution in [0.15, 0.2) is 30.3 Å². The number of ether oxygens (including phenoxy) is 1. The average molecular weight is 426 g/mol. The summed E-state index contributed by atoms with van der Waals surface area (Å²) in [4.78, 5) is 27.7. The number of Topliss-reactive ketones (excluding diaryl/α,β-unsaturated/α-hetero) is 1. The molecular formula is C27H39NO3. The smallest absolute Gasteiger partial charge is 0.222 e. The predicted octanol–water partition coefficient (Wildman–Crippen LogP) is 5.44. The summed E-state index contributed by atoms with van der Waals surface area (Å²) >= 11 is 0. The van der Waals surface area contributed by atoms with Crippen molar-refractivity contribution in [1.29, 1.82) is 0 Å². The quantitative estimate of drug-likeness (QED) is 0.557. The van der Waals surface area contributed by atoms with Crippen LogP contribution in [0.2, 0.25) is 0 Å². The Morgan fingerprint density at radius 1 is 0.935 bits per heavy atom. The fraction of sp³-hybridized carbons (Fsp3) is 0.704. The van der Waals surface area contributed by atoms with E-state index in [1.807, 2.05) is 0 Å². The van der Waals surface area contributed by atoms with Gasteiger partial charge < -0.3 is 9.64 Å². The zero-order valence-electron chi connectivity index (χ0n) is 19.0. The van der Waals surface area contributed by atoms with E-state index in [2.05, 4.69) is 35.2 Å². The van der Waals surface area contributed by atoms with Gasteiger partial charge in [-0.25, -0.2) is 0 Å². The normalized spacial score (nSPS) is 25.6. The van der Waals surface area contributed by atoms with Crippen LogP contribution in [0.1, 0.15) is 89.0 Å². The number of amides is 1. The summed E-state index contributed by atoms with van der Waals surface area (Å²) in [6, 6.07) is 11.1. The topological polar surface area (TPSA) is 46.6 Å². The first-order valence-electron chi connectivity index (χ1n) is 12.6.